The molecule has 4 heteroatoms. The highest BCUT2D eigenvalue weighted by Crippen LogP contribution is 2.23. The van der Waals surface area contributed by atoms with Crippen molar-refractivity contribution in [3.8, 4) is 0 Å². The van der Waals surface area contributed by atoms with Crippen LogP contribution in [0.2, 0.25) is 0 Å². The topological polar surface area (TPSA) is 17.1 Å². The Kier molecular flexibility index (Phi) is 14.4. The van der Waals surface area contributed by atoms with Crippen LogP contribution in [-0.4, -0.2) is 15.6 Å². The van der Waals surface area contributed by atoms with Crippen LogP contribution < -0.4 is 0 Å². The fourth-order valence-electron chi connectivity index (χ4n) is 2.62. The van der Waals surface area contributed by atoms with Crippen molar-refractivity contribution in [3.05, 3.63) is 35.4 Å². The van der Waals surface area contributed by atoms with Crippen LogP contribution in [0.4, 0.5) is 0 Å². The minimum Gasteiger partial charge on any atom is -0.298 e. The standard InChI is InChI=1S/C21H32OS3/c1-2-3-4-5-6-7-8-9-10-11-16-24-21(23)25-18-20-14-12-19(17-22)13-15-20/h12-15,17H,2-11,16,18H2,1H3. The molecule has 25 heavy (non-hydrogen) atoms. The predicted octanol–water partition coefficient (Wildman–Crippen LogP) is 7.67. The molecule has 0 unspecified atom stereocenters. The van der Waals surface area contributed by atoms with E-state index in [1.165, 1.54) is 69.8 Å². The second-order valence-electron chi connectivity index (χ2n) is 6.43. The van der Waals surface area contributed by atoms with Gasteiger partial charge < -0.3 is 0 Å². The van der Waals surface area contributed by atoms with E-state index in [0.717, 1.165) is 26.9 Å². The van der Waals surface area contributed by atoms with E-state index in [0.29, 0.717) is 0 Å². The van der Waals surface area contributed by atoms with E-state index >= 15 is 0 Å². The lowest BCUT2D eigenvalue weighted by Gasteiger charge is -2.05. The molecule has 0 N–H and O–H groups in total. The zero-order valence-corrected chi connectivity index (χ0v) is 18.0. The average molecular weight is 397 g/mol. The minimum absolute atomic E-state index is 0.728. The molecule has 0 radical (unpaired) electrons. The zero-order chi connectivity index (χ0) is 18.2. The molecule has 0 spiro atoms. The summed E-state index contributed by atoms with van der Waals surface area (Å²) < 4.78 is 1.04. The second kappa shape index (κ2) is 15.9. The first kappa shape index (κ1) is 22.7. The van der Waals surface area contributed by atoms with Gasteiger partial charge in [-0.05, 0) is 17.7 Å². The smallest absolute Gasteiger partial charge is 0.150 e. The maximum Gasteiger partial charge on any atom is 0.150 e. The molecule has 0 atom stereocenters. The SMILES string of the molecule is CCCCCCCCCCCCSC(=S)SCc1ccc(C=O)cc1. The van der Waals surface area contributed by atoms with Gasteiger partial charge in [-0.3, -0.25) is 4.79 Å². The van der Waals surface area contributed by atoms with Crippen molar-refractivity contribution in [3.63, 3.8) is 0 Å². The van der Waals surface area contributed by atoms with E-state index < -0.39 is 0 Å². The number of thiocarbonyl (C=S) groups is 1. The third-order valence-electron chi connectivity index (χ3n) is 4.19. The lowest BCUT2D eigenvalue weighted by atomic mass is 10.1. The molecule has 0 aliphatic rings. The van der Waals surface area contributed by atoms with E-state index in [4.69, 9.17) is 12.2 Å². The van der Waals surface area contributed by atoms with E-state index in [1.807, 2.05) is 36.0 Å². The summed E-state index contributed by atoms with van der Waals surface area (Å²) in [6, 6.07) is 7.74. The lowest BCUT2D eigenvalue weighted by Crippen LogP contribution is -1.89. The summed E-state index contributed by atoms with van der Waals surface area (Å²) in [5.74, 6) is 2.04. The first-order valence-corrected chi connectivity index (χ1v) is 12.0. The van der Waals surface area contributed by atoms with Crippen molar-refractivity contribution in [1.82, 2.24) is 0 Å². The number of thioether (sulfide) groups is 2. The third-order valence-corrected chi connectivity index (χ3v) is 7.05. The summed E-state index contributed by atoms with van der Waals surface area (Å²) in [6.07, 6.45) is 14.7. The summed E-state index contributed by atoms with van der Waals surface area (Å²) in [5.41, 5.74) is 1.95. The predicted molar refractivity (Wildman–Crippen MR) is 120 cm³/mol. The molecule has 0 aromatic heterocycles. The third kappa shape index (κ3) is 12.6. The van der Waals surface area contributed by atoms with E-state index in [2.05, 4.69) is 6.92 Å². The molecular weight excluding hydrogens is 364 g/mol. The highest BCUT2D eigenvalue weighted by Gasteiger charge is 2.01. The van der Waals surface area contributed by atoms with Crippen LogP contribution in [-0.2, 0) is 5.75 Å². The molecule has 0 saturated heterocycles. The molecule has 0 heterocycles. The Labute approximate surface area is 168 Å². The van der Waals surface area contributed by atoms with Gasteiger partial charge in [-0.2, -0.15) is 0 Å². The summed E-state index contributed by atoms with van der Waals surface area (Å²) in [7, 11) is 0. The fourth-order valence-corrected chi connectivity index (χ4v) is 4.80. The van der Waals surface area contributed by atoms with Gasteiger partial charge in [-0.1, -0.05) is 101 Å². The maximum absolute atomic E-state index is 10.6. The van der Waals surface area contributed by atoms with Crippen LogP contribution in [0.15, 0.2) is 24.3 Å². The number of hydrogen-bond donors (Lipinski definition) is 0. The largest absolute Gasteiger partial charge is 0.298 e. The van der Waals surface area contributed by atoms with Gasteiger partial charge in [0.1, 0.15) is 9.81 Å². The highest BCUT2D eigenvalue weighted by molar-refractivity contribution is 8.46. The minimum atomic E-state index is 0.728. The molecule has 0 aliphatic carbocycles. The van der Waals surface area contributed by atoms with Crippen molar-refractivity contribution in [2.45, 2.75) is 76.9 Å². The summed E-state index contributed by atoms with van der Waals surface area (Å²) in [5, 5.41) is 0. The Morgan fingerprint density at radius 2 is 1.44 bits per heavy atom. The van der Waals surface area contributed by atoms with Gasteiger partial charge in [0.15, 0.2) is 0 Å². The molecule has 0 amide bonds. The Morgan fingerprint density at radius 1 is 0.880 bits per heavy atom. The molecule has 1 rings (SSSR count). The first-order chi connectivity index (χ1) is 12.3. The number of carbonyl (C=O) groups is 1. The van der Waals surface area contributed by atoms with E-state index in [9.17, 15) is 4.79 Å². The summed E-state index contributed by atoms with van der Waals surface area (Å²) in [6.45, 7) is 2.27. The van der Waals surface area contributed by atoms with Gasteiger partial charge in [0.25, 0.3) is 0 Å². The molecule has 0 bridgehead atoms. The van der Waals surface area contributed by atoms with Gasteiger partial charge in [-0.25, -0.2) is 0 Å². The van der Waals surface area contributed by atoms with Crippen molar-refractivity contribution in [2.75, 3.05) is 5.75 Å². The molecule has 1 aromatic carbocycles. The fraction of sp³-hybridized carbons (Fsp3) is 0.619. The number of carbonyl (C=O) groups excluding carboxylic acids is 1. The van der Waals surface area contributed by atoms with Crippen LogP contribution in [0.1, 0.15) is 87.1 Å². The monoisotopic (exact) mass is 396 g/mol. The maximum atomic E-state index is 10.6. The Bertz CT molecular complexity index is 471. The van der Waals surface area contributed by atoms with Crippen molar-refractivity contribution < 1.29 is 4.79 Å². The molecule has 1 nitrogen and oxygen atoms in total. The molecule has 1 aromatic rings. The van der Waals surface area contributed by atoms with Crippen molar-refractivity contribution in [2.24, 2.45) is 0 Å². The Balaban J connectivity index is 1.92. The normalized spacial score (nSPS) is 10.8. The van der Waals surface area contributed by atoms with Crippen LogP contribution >= 0.6 is 35.7 Å². The van der Waals surface area contributed by atoms with E-state index in [1.54, 1.807) is 11.8 Å². The van der Waals surface area contributed by atoms with Gasteiger partial charge in [0.05, 0.1) is 0 Å². The number of unbranched alkanes of at least 4 members (excludes halogenated alkanes) is 9. The molecule has 0 aliphatic heterocycles. The van der Waals surface area contributed by atoms with Gasteiger partial charge in [-0.15, -0.1) is 23.5 Å². The molecule has 140 valence electrons. The number of benzene rings is 1. The number of rotatable bonds is 14. The summed E-state index contributed by atoms with van der Waals surface area (Å²) in [4.78, 5) is 10.6. The Morgan fingerprint density at radius 3 is 2.00 bits per heavy atom. The average Bonchev–Trinajstić information content (AvgIpc) is 2.65. The number of hydrogen-bond acceptors (Lipinski definition) is 4. The van der Waals surface area contributed by atoms with Gasteiger partial charge >= 0.3 is 0 Å². The Hall–Kier alpha value is -0.320. The first-order valence-electron chi connectivity index (χ1n) is 9.60. The van der Waals surface area contributed by atoms with Crippen LogP contribution in [0.25, 0.3) is 0 Å². The quantitative estimate of drug-likeness (QED) is 0.182. The molecule has 0 fully saturated rings. The van der Waals surface area contributed by atoms with Crippen molar-refractivity contribution >= 4 is 45.6 Å². The lowest BCUT2D eigenvalue weighted by molar-refractivity contribution is 0.112. The van der Waals surface area contributed by atoms with E-state index in [-0.39, 0.29) is 0 Å². The second-order valence-corrected chi connectivity index (χ2v) is 9.70. The summed E-state index contributed by atoms with van der Waals surface area (Å²) >= 11 is 8.99. The number of aldehydes is 1. The molecule has 0 saturated carbocycles. The van der Waals surface area contributed by atoms with Crippen molar-refractivity contribution in [1.29, 1.82) is 0 Å². The van der Waals surface area contributed by atoms with Crippen LogP contribution in [0.5, 0.6) is 0 Å². The van der Waals surface area contributed by atoms with Crippen LogP contribution in [0.3, 0.4) is 0 Å². The van der Waals surface area contributed by atoms with Gasteiger partial charge in [0, 0.05) is 11.3 Å². The molecular formula is C21H32OS3. The van der Waals surface area contributed by atoms with Gasteiger partial charge in [0.2, 0.25) is 0 Å². The highest BCUT2D eigenvalue weighted by atomic mass is 32.2. The van der Waals surface area contributed by atoms with Crippen LogP contribution in [0, 0.1) is 0 Å². The zero-order valence-electron chi connectivity index (χ0n) is 15.5.